The Morgan fingerprint density at radius 3 is 1.95 bits per heavy atom. The molecule has 124 valence electrons. The quantitative estimate of drug-likeness (QED) is 0.635. The molecule has 2 saturated heterocycles. The van der Waals surface area contributed by atoms with Crippen LogP contribution in [0, 0.1) is 23.2 Å². The molecule has 22 heavy (non-hydrogen) atoms. The smallest absolute Gasteiger partial charge is 0.159 e. The Hall–Kier alpha value is -0.630. The molecule has 6 aliphatic rings. The van der Waals surface area contributed by atoms with Gasteiger partial charge in [-0.15, -0.1) is 0 Å². The third kappa shape index (κ3) is 2.48. The molecule has 4 aliphatic carbocycles. The molecule has 0 radical (unpaired) electrons. The fourth-order valence-corrected chi connectivity index (χ4v) is 5.35. The summed E-state index contributed by atoms with van der Waals surface area (Å²) in [6.45, 7) is 13.3. The third-order valence-corrected chi connectivity index (χ3v) is 7.07. The standard InChI is InChI=1S/C10H18O.C10H14O/c1-9(2)8-4-6-10(3,11-9)7-5-8;1-6-4-9(11)8-5-7(6)10(8,2)3/h8H,4-7H2,1-3H3;4,7-8H,5H2,1-3H3. The molecule has 2 saturated carbocycles. The summed E-state index contributed by atoms with van der Waals surface area (Å²) in [5.74, 6) is 2.20. The van der Waals surface area contributed by atoms with Crippen LogP contribution in [-0.4, -0.2) is 17.0 Å². The topological polar surface area (TPSA) is 26.3 Å². The molecular formula is C20H32O2. The van der Waals surface area contributed by atoms with E-state index in [0.29, 0.717) is 17.6 Å². The molecular weight excluding hydrogens is 272 g/mol. The number of ketones is 1. The number of hydrogen-bond acceptors (Lipinski definition) is 2. The van der Waals surface area contributed by atoms with E-state index in [2.05, 4.69) is 41.5 Å². The molecule has 2 unspecified atom stereocenters. The molecule has 0 spiro atoms. The molecule has 2 atom stereocenters. The Labute approximate surface area is 135 Å². The van der Waals surface area contributed by atoms with E-state index in [0.717, 1.165) is 12.3 Å². The van der Waals surface area contributed by atoms with E-state index in [1.165, 1.54) is 31.3 Å². The lowest BCUT2D eigenvalue weighted by atomic mass is 9.49. The summed E-state index contributed by atoms with van der Waals surface area (Å²) in [6, 6.07) is 0. The van der Waals surface area contributed by atoms with Gasteiger partial charge in [-0.3, -0.25) is 4.79 Å². The number of carbonyl (C=O) groups is 1. The fraction of sp³-hybridized carbons (Fsp3) is 0.850. The van der Waals surface area contributed by atoms with Gasteiger partial charge in [0.15, 0.2) is 5.78 Å². The van der Waals surface area contributed by atoms with Crippen molar-refractivity contribution in [1.29, 1.82) is 0 Å². The van der Waals surface area contributed by atoms with E-state index in [4.69, 9.17) is 4.74 Å². The zero-order chi connectivity index (χ0) is 16.3. The lowest BCUT2D eigenvalue weighted by Crippen LogP contribution is -2.53. The maximum absolute atomic E-state index is 11.4. The molecule has 0 aromatic carbocycles. The van der Waals surface area contributed by atoms with Crippen LogP contribution in [0.15, 0.2) is 11.6 Å². The van der Waals surface area contributed by atoms with Crippen molar-refractivity contribution in [3.8, 4) is 0 Å². The van der Waals surface area contributed by atoms with Crippen LogP contribution in [0.4, 0.5) is 0 Å². The summed E-state index contributed by atoms with van der Waals surface area (Å²) < 4.78 is 6.06. The molecule has 6 rings (SSSR count). The maximum Gasteiger partial charge on any atom is 0.159 e. The van der Waals surface area contributed by atoms with Crippen LogP contribution >= 0.6 is 0 Å². The van der Waals surface area contributed by atoms with E-state index >= 15 is 0 Å². The van der Waals surface area contributed by atoms with Crippen molar-refractivity contribution in [2.75, 3.05) is 0 Å². The first-order valence-corrected chi connectivity index (χ1v) is 8.97. The second-order valence-electron chi connectivity index (χ2n) is 9.38. The van der Waals surface area contributed by atoms with Gasteiger partial charge in [0, 0.05) is 5.92 Å². The number of allylic oxidation sites excluding steroid dienone is 2. The van der Waals surface area contributed by atoms with Crippen molar-refractivity contribution in [3.05, 3.63) is 11.6 Å². The lowest BCUT2D eigenvalue weighted by Gasteiger charge is -2.54. The van der Waals surface area contributed by atoms with Crippen molar-refractivity contribution in [2.24, 2.45) is 23.2 Å². The first-order chi connectivity index (χ1) is 10.1. The summed E-state index contributed by atoms with van der Waals surface area (Å²) in [4.78, 5) is 11.4. The van der Waals surface area contributed by atoms with Crippen LogP contribution in [-0.2, 0) is 9.53 Å². The van der Waals surface area contributed by atoms with Crippen molar-refractivity contribution < 1.29 is 9.53 Å². The van der Waals surface area contributed by atoms with Gasteiger partial charge in [0.25, 0.3) is 0 Å². The van der Waals surface area contributed by atoms with Gasteiger partial charge in [0.05, 0.1) is 11.2 Å². The highest BCUT2D eigenvalue weighted by Gasteiger charge is 2.54. The lowest BCUT2D eigenvalue weighted by molar-refractivity contribution is -0.229. The van der Waals surface area contributed by atoms with E-state index in [1.54, 1.807) is 0 Å². The molecule has 4 fully saturated rings. The molecule has 0 amide bonds. The molecule has 2 heterocycles. The van der Waals surface area contributed by atoms with Crippen molar-refractivity contribution in [3.63, 3.8) is 0 Å². The van der Waals surface area contributed by atoms with Gasteiger partial charge in [-0.25, -0.2) is 0 Å². The minimum absolute atomic E-state index is 0.158. The number of carbonyl (C=O) groups excluding carboxylic acids is 1. The van der Waals surface area contributed by atoms with Crippen molar-refractivity contribution in [1.82, 2.24) is 0 Å². The second-order valence-corrected chi connectivity index (χ2v) is 9.38. The SMILES string of the molecule is CC12CCC(CC1)C(C)(C)O2.CC1=CC(=O)C2CC1C2(C)C. The van der Waals surface area contributed by atoms with Gasteiger partial charge in [0.2, 0.25) is 0 Å². The Kier molecular flexibility index (Phi) is 3.64. The summed E-state index contributed by atoms with van der Waals surface area (Å²) in [5.41, 5.74) is 1.93. The molecule has 0 aromatic heterocycles. The molecule has 2 aliphatic heterocycles. The van der Waals surface area contributed by atoms with Gasteiger partial charge in [0.1, 0.15) is 0 Å². The summed E-state index contributed by atoms with van der Waals surface area (Å²) >= 11 is 0. The van der Waals surface area contributed by atoms with Crippen molar-refractivity contribution >= 4 is 5.78 Å². The predicted molar refractivity (Wildman–Crippen MR) is 89.7 cm³/mol. The maximum atomic E-state index is 11.4. The molecule has 2 heteroatoms. The molecule has 0 aromatic rings. The van der Waals surface area contributed by atoms with Crippen LogP contribution in [0.25, 0.3) is 0 Å². The summed E-state index contributed by atoms with van der Waals surface area (Å²) in [7, 11) is 0. The van der Waals surface area contributed by atoms with Crippen LogP contribution < -0.4 is 0 Å². The van der Waals surface area contributed by atoms with Gasteiger partial charge in [-0.1, -0.05) is 19.4 Å². The monoisotopic (exact) mass is 304 g/mol. The number of ether oxygens (including phenoxy) is 1. The largest absolute Gasteiger partial charge is 0.369 e. The van der Waals surface area contributed by atoms with Crippen LogP contribution in [0.5, 0.6) is 0 Å². The minimum Gasteiger partial charge on any atom is -0.369 e. The number of fused-ring (bicyclic) bond motifs is 4. The molecule has 0 N–H and O–H groups in total. The minimum atomic E-state index is 0.158. The van der Waals surface area contributed by atoms with E-state index in [9.17, 15) is 4.79 Å². The Morgan fingerprint density at radius 2 is 1.64 bits per heavy atom. The van der Waals surface area contributed by atoms with Crippen LogP contribution in [0.1, 0.15) is 73.6 Å². The van der Waals surface area contributed by atoms with E-state index in [1.807, 2.05) is 6.08 Å². The van der Waals surface area contributed by atoms with Crippen LogP contribution in [0.2, 0.25) is 0 Å². The molecule has 2 nitrogen and oxygen atoms in total. The predicted octanol–water partition coefficient (Wildman–Crippen LogP) is 4.92. The number of hydrogen-bond donors (Lipinski definition) is 0. The van der Waals surface area contributed by atoms with E-state index in [-0.39, 0.29) is 16.6 Å². The van der Waals surface area contributed by atoms with Gasteiger partial charge < -0.3 is 4.74 Å². The Balaban J connectivity index is 0.000000131. The molecule has 4 bridgehead atoms. The third-order valence-electron chi connectivity index (χ3n) is 7.07. The highest BCUT2D eigenvalue weighted by molar-refractivity contribution is 5.95. The zero-order valence-electron chi connectivity index (χ0n) is 15.2. The Morgan fingerprint density at radius 1 is 1.05 bits per heavy atom. The first kappa shape index (κ1) is 16.2. The van der Waals surface area contributed by atoms with Crippen molar-refractivity contribution in [2.45, 2.75) is 84.8 Å². The van der Waals surface area contributed by atoms with Crippen LogP contribution in [0.3, 0.4) is 0 Å². The van der Waals surface area contributed by atoms with Gasteiger partial charge in [-0.05, 0) is 83.1 Å². The number of rotatable bonds is 0. The zero-order valence-corrected chi connectivity index (χ0v) is 15.2. The average molecular weight is 304 g/mol. The summed E-state index contributed by atoms with van der Waals surface area (Å²) in [5, 5.41) is 0. The highest BCUT2D eigenvalue weighted by atomic mass is 16.5. The average Bonchev–Trinajstić information content (AvgIpc) is 2.36. The van der Waals surface area contributed by atoms with E-state index < -0.39 is 0 Å². The van der Waals surface area contributed by atoms with Gasteiger partial charge in [-0.2, -0.15) is 0 Å². The summed E-state index contributed by atoms with van der Waals surface area (Å²) in [6.07, 6.45) is 8.26. The first-order valence-electron chi connectivity index (χ1n) is 8.97. The second kappa shape index (κ2) is 4.93. The highest BCUT2D eigenvalue weighted by Crippen LogP contribution is 2.57. The van der Waals surface area contributed by atoms with Gasteiger partial charge >= 0.3 is 0 Å². The fourth-order valence-electron chi connectivity index (χ4n) is 5.35. The normalized spacial score (nSPS) is 43.6. The Bertz CT molecular complexity index is 501.